The van der Waals surface area contributed by atoms with Crippen molar-refractivity contribution < 1.29 is 23.8 Å². The van der Waals surface area contributed by atoms with Gasteiger partial charge in [-0.05, 0) is 65.9 Å². The molecule has 6 nitrogen and oxygen atoms in total. The molecule has 2 heterocycles. The monoisotopic (exact) mass is 521 g/mol. The predicted molar refractivity (Wildman–Crippen MR) is 149 cm³/mol. The summed E-state index contributed by atoms with van der Waals surface area (Å²) in [5, 5.41) is 11.4. The first kappa shape index (κ1) is 26.0. The van der Waals surface area contributed by atoms with Gasteiger partial charge in [-0.25, -0.2) is 0 Å². The van der Waals surface area contributed by atoms with Crippen molar-refractivity contribution in [2.45, 2.75) is 45.9 Å². The van der Waals surface area contributed by atoms with Crippen molar-refractivity contribution in [1.29, 1.82) is 0 Å². The molecule has 0 saturated carbocycles. The molecular formula is C33H31NO5. The molecule has 6 heteroatoms. The van der Waals surface area contributed by atoms with Crippen molar-refractivity contribution in [3.63, 3.8) is 0 Å². The number of amides is 1. The van der Waals surface area contributed by atoms with Crippen LogP contribution >= 0.6 is 0 Å². The van der Waals surface area contributed by atoms with Gasteiger partial charge in [-0.2, -0.15) is 0 Å². The van der Waals surface area contributed by atoms with Gasteiger partial charge in [0.2, 0.25) is 0 Å². The Labute approximate surface area is 228 Å². The molecule has 1 aliphatic heterocycles. The Bertz CT molecular complexity index is 1500. The van der Waals surface area contributed by atoms with Crippen LogP contribution in [-0.2, 0) is 22.7 Å². The number of aliphatic hydroxyl groups is 1. The van der Waals surface area contributed by atoms with Gasteiger partial charge in [0, 0.05) is 5.56 Å². The van der Waals surface area contributed by atoms with E-state index in [1.54, 1.807) is 36.4 Å². The van der Waals surface area contributed by atoms with Gasteiger partial charge in [0.05, 0.1) is 24.4 Å². The van der Waals surface area contributed by atoms with Gasteiger partial charge in [-0.1, -0.05) is 67.9 Å². The fourth-order valence-electron chi connectivity index (χ4n) is 4.86. The summed E-state index contributed by atoms with van der Waals surface area (Å²) in [6.45, 7) is 6.76. The average molecular weight is 522 g/mol. The molecule has 0 aliphatic carbocycles. The topological polar surface area (TPSA) is 80.0 Å². The number of nitrogens with zero attached hydrogens (tertiary/aromatic N) is 1. The van der Waals surface area contributed by atoms with E-state index in [0.717, 1.165) is 22.3 Å². The lowest BCUT2D eigenvalue weighted by atomic mass is 9.93. The van der Waals surface area contributed by atoms with E-state index in [1.165, 1.54) is 11.2 Å². The van der Waals surface area contributed by atoms with Gasteiger partial charge >= 0.3 is 0 Å². The number of Topliss-reactive ketones (excluding diaryl/α,β-unsaturated/α-hetero) is 1. The van der Waals surface area contributed by atoms with Gasteiger partial charge in [0.1, 0.15) is 23.9 Å². The summed E-state index contributed by atoms with van der Waals surface area (Å²) in [5.41, 5.74) is 4.58. The first-order valence-electron chi connectivity index (χ1n) is 13.0. The highest BCUT2D eigenvalue weighted by Gasteiger charge is 2.46. The quantitative estimate of drug-likeness (QED) is 0.155. The summed E-state index contributed by atoms with van der Waals surface area (Å²) < 4.78 is 11.4. The Morgan fingerprint density at radius 3 is 2.36 bits per heavy atom. The minimum absolute atomic E-state index is 0.0530. The molecule has 39 heavy (non-hydrogen) atoms. The molecule has 1 amide bonds. The maximum atomic E-state index is 13.3. The number of hydrogen-bond acceptors (Lipinski definition) is 5. The molecule has 1 atom stereocenters. The molecule has 1 aliphatic rings. The van der Waals surface area contributed by atoms with Crippen LogP contribution in [0.3, 0.4) is 0 Å². The molecular weight excluding hydrogens is 490 g/mol. The molecule has 1 aromatic heterocycles. The Kier molecular flexibility index (Phi) is 7.37. The third-order valence-corrected chi connectivity index (χ3v) is 6.98. The Morgan fingerprint density at radius 2 is 1.72 bits per heavy atom. The number of likely N-dealkylation sites (tertiary alicyclic amines) is 1. The fourth-order valence-corrected chi connectivity index (χ4v) is 4.86. The summed E-state index contributed by atoms with van der Waals surface area (Å²) in [5.74, 6) is -0.109. The molecule has 3 aromatic carbocycles. The number of ketones is 1. The maximum absolute atomic E-state index is 13.3. The Morgan fingerprint density at radius 1 is 0.974 bits per heavy atom. The van der Waals surface area contributed by atoms with Gasteiger partial charge in [-0.3, -0.25) is 9.59 Å². The molecule has 0 radical (unpaired) electrons. The van der Waals surface area contributed by atoms with E-state index in [1.807, 2.05) is 49.4 Å². The first-order valence-corrected chi connectivity index (χ1v) is 13.0. The maximum Gasteiger partial charge on any atom is 0.296 e. The number of aliphatic hydroxyl groups excluding tert-OH is 1. The highest BCUT2D eigenvalue weighted by molar-refractivity contribution is 6.46. The minimum Gasteiger partial charge on any atom is -0.507 e. The van der Waals surface area contributed by atoms with E-state index in [2.05, 4.69) is 19.9 Å². The number of carbonyl (C=O) groups excluding carboxylic acids is 2. The summed E-state index contributed by atoms with van der Waals surface area (Å²) in [6, 6.07) is 25.5. The summed E-state index contributed by atoms with van der Waals surface area (Å²) in [7, 11) is 0. The smallest absolute Gasteiger partial charge is 0.296 e. The number of hydrogen-bond donors (Lipinski definition) is 1. The molecule has 198 valence electrons. The molecule has 1 N–H and O–H groups in total. The predicted octanol–water partition coefficient (Wildman–Crippen LogP) is 6.91. The molecule has 1 unspecified atom stereocenters. The molecule has 0 bridgehead atoms. The summed E-state index contributed by atoms with van der Waals surface area (Å²) in [6.07, 6.45) is 1.53. The Balaban J connectivity index is 1.47. The van der Waals surface area contributed by atoms with Crippen LogP contribution in [-0.4, -0.2) is 21.7 Å². The molecule has 1 saturated heterocycles. The lowest BCUT2D eigenvalue weighted by Gasteiger charge is -2.25. The van der Waals surface area contributed by atoms with Crippen LogP contribution in [0.4, 0.5) is 0 Å². The molecule has 0 spiro atoms. The average Bonchev–Trinajstić information content (AvgIpc) is 3.54. The lowest BCUT2D eigenvalue weighted by Crippen LogP contribution is -2.29. The van der Waals surface area contributed by atoms with Crippen molar-refractivity contribution in [2.24, 2.45) is 0 Å². The zero-order valence-electron chi connectivity index (χ0n) is 22.3. The second-order valence-corrected chi connectivity index (χ2v) is 10.1. The lowest BCUT2D eigenvalue weighted by molar-refractivity contribution is -0.140. The highest BCUT2D eigenvalue weighted by Crippen LogP contribution is 2.40. The summed E-state index contributed by atoms with van der Waals surface area (Å²) in [4.78, 5) is 28.0. The number of aryl methyl sites for hydroxylation is 1. The Hall–Kier alpha value is -4.58. The standard InChI is InChI=1S/C33H31NO5/c1-21(2)24-9-11-25(12-10-24)30-29(32(36)33(37)34(30)19-28-8-5-17-38-28)31(35)26-13-15-27(16-14-26)39-20-23-7-4-6-22(3)18-23/h4-18,21,30,35H,19-20H2,1-3H3/b31-29-. The van der Waals surface area contributed by atoms with Crippen LogP contribution in [0.5, 0.6) is 5.75 Å². The van der Waals surface area contributed by atoms with Crippen molar-refractivity contribution in [1.82, 2.24) is 4.90 Å². The number of benzene rings is 3. The number of rotatable bonds is 8. The third kappa shape index (κ3) is 5.50. The van der Waals surface area contributed by atoms with E-state index in [4.69, 9.17) is 9.15 Å². The van der Waals surface area contributed by atoms with Crippen LogP contribution in [0.15, 0.2) is 101 Å². The molecule has 1 fully saturated rings. The van der Waals surface area contributed by atoms with Crippen molar-refractivity contribution in [3.8, 4) is 5.75 Å². The van der Waals surface area contributed by atoms with Crippen molar-refractivity contribution in [3.05, 3.63) is 130 Å². The second kappa shape index (κ2) is 11.0. The van der Waals surface area contributed by atoms with Gasteiger partial charge in [-0.15, -0.1) is 0 Å². The second-order valence-electron chi connectivity index (χ2n) is 10.1. The number of furan rings is 1. The summed E-state index contributed by atoms with van der Waals surface area (Å²) >= 11 is 0. The van der Waals surface area contributed by atoms with E-state index in [9.17, 15) is 14.7 Å². The molecule has 4 aromatic rings. The number of ether oxygens (including phenoxy) is 1. The van der Waals surface area contributed by atoms with Gasteiger partial charge in [0.25, 0.3) is 11.7 Å². The van der Waals surface area contributed by atoms with Gasteiger partial charge < -0.3 is 19.2 Å². The van der Waals surface area contributed by atoms with E-state index in [0.29, 0.717) is 29.6 Å². The normalized spacial score (nSPS) is 16.7. The minimum atomic E-state index is -0.756. The molecule has 5 rings (SSSR count). The van der Waals surface area contributed by atoms with Crippen LogP contribution in [0.2, 0.25) is 0 Å². The SMILES string of the molecule is Cc1cccc(COc2ccc(/C(O)=C3/C(=O)C(=O)N(Cc4ccco4)C3c3ccc(C(C)C)cc3)cc2)c1. The van der Waals surface area contributed by atoms with Crippen LogP contribution < -0.4 is 4.74 Å². The fraction of sp³-hybridized carbons (Fsp3) is 0.212. The van der Waals surface area contributed by atoms with E-state index >= 15 is 0 Å². The van der Waals surface area contributed by atoms with Gasteiger partial charge in [0.15, 0.2) is 0 Å². The van der Waals surface area contributed by atoms with Crippen LogP contribution in [0.25, 0.3) is 5.76 Å². The zero-order chi connectivity index (χ0) is 27.5. The largest absolute Gasteiger partial charge is 0.507 e. The van der Waals surface area contributed by atoms with Crippen molar-refractivity contribution in [2.75, 3.05) is 0 Å². The highest BCUT2D eigenvalue weighted by atomic mass is 16.5. The number of carbonyl (C=O) groups is 2. The van der Waals surface area contributed by atoms with E-state index in [-0.39, 0.29) is 17.9 Å². The van der Waals surface area contributed by atoms with Crippen LogP contribution in [0, 0.1) is 6.92 Å². The third-order valence-electron chi connectivity index (χ3n) is 6.98. The van der Waals surface area contributed by atoms with Crippen LogP contribution in [0.1, 0.15) is 59.4 Å². The van der Waals surface area contributed by atoms with Crippen molar-refractivity contribution >= 4 is 17.4 Å². The first-order chi connectivity index (χ1) is 18.8. The van der Waals surface area contributed by atoms with E-state index < -0.39 is 17.7 Å². The zero-order valence-corrected chi connectivity index (χ0v) is 22.3.